The van der Waals surface area contributed by atoms with E-state index in [4.69, 9.17) is 0 Å². The highest BCUT2D eigenvalue weighted by atomic mass is 16.2. The SMILES string of the molecule is CC(C)C(CNC(=O)C1CC1)N(C)C. The van der Waals surface area contributed by atoms with Crippen LogP contribution in [0.25, 0.3) is 0 Å². The van der Waals surface area contributed by atoms with E-state index in [1.165, 1.54) is 0 Å². The van der Waals surface area contributed by atoms with Gasteiger partial charge >= 0.3 is 0 Å². The van der Waals surface area contributed by atoms with Crippen molar-refractivity contribution in [1.82, 2.24) is 10.2 Å². The number of carbonyl (C=O) groups is 1. The number of hydrogen-bond acceptors (Lipinski definition) is 2. The van der Waals surface area contributed by atoms with Crippen molar-refractivity contribution < 1.29 is 4.79 Å². The van der Waals surface area contributed by atoms with Crippen molar-refractivity contribution in [2.45, 2.75) is 32.7 Å². The summed E-state index contributed by atoms with van der Waals surface area (Å²) in [6.45, 7) is 5.15. The number of rotatable bonds is 5. The average Bonchev–Trinajstić information content (AvgIpc) is 2.84. The Morgan fingerprint density at radius 2 is 2.00 bits per heavy atom. The minimum Gasteiger partial charge on any atom is -0.354 e. The molecule has 0 heterocycles. The fraction of sp³-hybridized carbons (Fsp3) is 0.909. The van der Waals surface area contributed by atoms with E-state index in [-0.39, 0.29) is 5.91 Å². The molecule has 0 bridgehead atoms. The number of amides is 1. The summed E-state index contributed by atoms with van der Waals surface area (Å²) in [7, 11) is 4.13. The van der Waals surface area contributed by atoms with Crippen molar-refractivity contribution in [3.8, 4) is 0 Å². The van der Waals surface area contributed by atoms with E-state index in [1.54, 1.807) is 0 Å². The molecular formula is C11H22N2O. The van der Waals surface area contributed by atoms with Crippen LogP contribution in [-0.4, -0.2) is 37.5 Å². The largest absolute Gasteiger partial charge is 0.354 e. The molecule has 0 aromatic heterocycles. The Labute approximate surface area is 86.9 Å². The molecule has 1 aliphatic carbocycles. The summed E-state index contributed by atoms with van der Waals surface area (Å²) in [5.74, 6) is 1.15. The van der Waals surface area contributed by atoms with Crippen molar-refractivity contribution in [1.29, 1.82) is 0 Å². The van der Waals surface area contributed by atoms with Crippen LogP contribution in [0.1, 0.15) is 26.7 Å². The topological polar surface area (TPSA) is 32.3 Å². The van der Waals surface area contributed by atoms with Crippen molar-refractivity contribution >= 4 is 5.91 Å². The minimum atomic E-state index is 0.248. The summed E-state index contributed by atoms with van der Waals surface area (Å²) < 4.78 is 0. The molecule has 14 heavy (non-hydrogen) atoms. The number of likely N-dealkylation sites (N-methyl/N-ethyl adjacent to an activating group) is 1. The molecule has 1 aliphatic rings. The molecule has 0 spiro atoms. The van der Waals surface area contributed by atoms with E-state index in [9.17, 15) is 4.79 Å². The summed E-state index contributed by atoms with van der Waals surface area (Å²) in [4.78, 5) is 13.6. The number of nitrogens with zero attached hydrogens (tertiary/aromatic N) is 1. The van der Waals surface area contributed by atoms with Gasteiger partial charge in [-0.1, -0.05) is 13.8 Å². The monoisotopic (exact) mass is 198 g/mol. The second-order valence-electron chi connectivity index (χ2n) is 4.79. The Hall–Kier alpha value is -0.570. The van der Waals surface area contributed by atoms with Crippen molar-refractivity contribution in [2.24, 2.45) is 11.8 Å². The Bertz CT molecular complexity index is 189. The highest BCUT2D eigenvalue weighted by Crippen LogP contribution is 2.28. The minimum absolute atomic E-state index is 0.248. The molecule has 1 amide bonds. The number of carbonyl (C=O) groups excluding carboxylic acids is 1. The van der Waals surface area contributed by atoms with Crippen molar-refractivity contribution in [2.75, 3.05) is 20.6 Å². The summed E-state index contributed by atoms with van der Waals surface area (Å²) >= 11 is 0. The molecule has 0 aromatic carbocycles. The van der Waals surface area contributed by atoms with Gasteiger partial charge < -0.3 is 10.2 Å². The molecular weight excluding hydrogens is 176 g/mol. The van der Waals surface area contributed by atoms with Crippen LogP contribution in [-0.2, 0) is 4.79 Å². The molecule has 3 heteroatoms. The van der Waals surface area contributed by atoms with Crippen LogP contribution < -0.4 is 5.32 Å². The van der Waals surface area contributed by atoms with Crippen LogP contribution in [0.4, 0.5) is 0 Å². The molecule has 1 atom stereocenters. The van der Waals surface area contributed by atoms with Gasteiger partial charge in [0.2, 0.25) is 5.91 Å². The van der Waals surface area contributed by atoms with Gasteiger partial charge in [-0.2, -0.15) is 0 Å². The van der Waals surface area contributed by atoms with Gasteiger partial charge in [-0.05, 0) is 32.9 Å². The Kier molecular flexibility index (Phi) is 3.93. The maximum atomic E-state index is 11.4. The fourth-order valence-electron chi connectivity index (χ4n) is 1.71. The third-order valence-corrected chi connectivity index (χ3v) is 2.87. The molecule has 1 unspecified atom stereocenters. The van der Waals surface area contributed by atoms with Gasteiger partial charge in [0.05, 0.1) is 0 Å². The molecule has 82 valence electrons. The molecule has 1 rings (SSSR count). The summed E-state index contributed by atoms with van der Waals surface area (Å²) in [6, 6.07) is 0.442. The molecule has 1 fully saturated rings. The van der Waals surface area contributed by atoms with Crippen LogP contribution in [0, 0.1) is 11.8 Å². The first-order valence-electron chi connectivity index (χ1n) is 5.46. The Morgan fingerprint density at radius 1 is 1.43 bits per heavy atom. The first-order valence-corrected chi connectivity index (χ1v) is 5.46. The summed E-state index contributed by atoms with van der Waals surface area (Å²) in [6.07, 6.45) is 2.17. The smallest absolute Gasteiger partial charge is 0.223 e. The van der Waals surface area contributed by atoms with Crippen LogP contribution >= 0.6 is 0 Å². The van der Waals surface area contributed by atoms with Gasteiger partial charge in [-0.15, -0.1) is 0 Å². The quantitative estimate of drug-likeness (QED) is 0.717. The van der Waals surface area contributed by atoms with Crippen LogP contribution in [0.5, 0.6) is 0 Å². The van der Waals surface area contributed by atoms with Crippen molar-refractivity contribution in [3.05, 3.63) is 0 Å². The average molecular weight is 198 g/mol. The first kappa shape index (κ1) is 11.5. The van der Waals surface area contributed by atoms with E-state index in [2.05, 4.69) is 38.2 Å². The normalized spacial score (nSPS) is 18.7. The Balaban J connectivity index is 2.28. The van der Waals surface area contributed by atoms with E-state index in [0.717, 1.165) is 19.4 Å². The zero-order valence-corrected chi connectivity index (χ0v) is 9.71. The molecule has 0 aliphatic heterocycles. The van der Waals surface area contributed by atoms with Gasteiger partial charge in [0.25, 0.3) is 0 Å². The van der Waals surface area contributed by atoms with Crippen LogP contribution in [0.15, 0.2) is 0 Å². The molecule has 1 saturated carbocycles. The van der Waals surface area contributed by atoms with E-state index >= 15 is 0 Å². The van der Waals surface area contributed by atoms with Gasteiger partial charge in [-0.3, -0.25) is 4.79 Å². The van der Waals surface area contributed by atoms with E-state index in [1.807, 2.05) is 0 Å². The van der Waals surface area contributed by atoms with Gasteiger partial charge in [0.15, 0.2) is 0 Å². The number of hydrogen-bond donors (Lipinski definition) is 1. The Morgan fingerprint density at radius 3 is 2.36 bits per heavy atom. The molecule has 0 saturated heterocycles. The predicted molar refractivity (Wildman–Crippen MR) is 58.0 cm³/mol. The third-order valence-electron chi connectivity index (χ3n) is 2.87. The third kappa shape index (κ3) is 3.29. The van der Waals surface area contributed by atoms with Gasteiger partial charge in [-0.25, -0.2) is 0 Å². The second-order valence-corrected chi connectivity index (χ2v) is 4.79. The summed E-state index contributed by atoms with van der Waals surface area (Å²) in [5, 5.41) is 3.03. The van der Waals surface area contributed by atoms with Crippen LogP contribution in [0.3, 0.4) is 0 Å². The standard InChI is InChI=1S/C11H22N2O/c1-8(2)10(13(3)4)7-12-11(14)9-5-6-9/h8-10H,5-7H2,1-4H3,(H,12,14). The second kappa shape index (κ2) is 4.78. The van der Waals surface area contributed by atoms with Crippen molar-refractivity contribution in [3.63, 3.8) is 0 Å². The lowest BCUT2D eigenvalue weighted by atomic mass is 10.0. The van der Waals surface area contributed by atoms with Crippen LogP contribution in [0.2, 0.25) is 0 Å². The number of nitrogens with one attached hydrogen (secondary N) is 1. The van der Waals surface area contributed by atoms with Gasteiger partial charge in [0, 0.05) is 18.5 Å². The molecule has 1 N–H and O–H groups in total. The van der Waals surface area contributed by atoms with Gasteiger partial charge in [0.1, 0.15) is 0 Å². The van der Waals surface area contributed by atoms with E-state index < -0.39 is 0 Å². The molecule has 0 radical (unpaired) electrons. The lowest BCUT2D eigenvalue weighted by Crippen LogP contribution is -2.43. The lowest BCUT2D eigenvalue weighted by molar-refractivity contribution is -0.122. The maximum Gasteiger partial charge on any atom is 0.223 e. The zero-order chi connectivity index (χ0) is 10.7. The highest BCUT2D eigenvalue weighted by molar-refractivity contribution is 5.80. The maximum absolute atomic E-state index is 11.4. The first-order chi connectivity index (χ1) is 6.52. The summed E-state index contributed by atoms with van der Waals surface area (Å²) in [5.41, 5.74) is 0. The zero-order valence-electron chi connectivity index (χ0n) is 9.71. The lowest BCUT2D eigenvalue weighted by Gasteiger charge is -2.28. The fourth-order valence-corrected chi connectivity index (χ4v) is 1.71. The molecule has 3 nitrogen and oxygen atoms in total. The van der Waals surface area contributed by atoms with E-state index in [0.29, 0.717) is 17.9 Å². The molecule has 0 aromatic rings. The predicted octanol–water partition coefficient (Wildman–Crippen LogP) is 1.10. The highest BCUT2D eigenvalue weighted by Gasteiger charge is 2.30.